The number of likely N-dealkylation sites (N-methyl/N-ethyl adjacent to an activating group) is 1. The first-order chi connectivity index (χ1) is 8.23. The Morgan fingerprint density at radius 2 is 1.67 bits per heavy atom. The Morgan fingerprint density at radius 1 is 1.17 bits per heavy atom. The molecule has 1 aromatic carbocycles. The summed E-state index contributed by atoms with van der Waals surface area (Å²) in [4.78, 5) is 14.2. The molecule has 0 spiro atoms. The maximum atomic E-state index is 12.6. The van der Waals surface area contributed by atoms with Crippen LogP contribution in [0.2, 0.25) is 0 Å². The lowest BCUT2D eigenvalue weighted by molar-refractivity contribution is -0.141. The quantitative estimate of drug-likeness (QED) is 0.888. The van der Waals surface area contributed by atoms with E-state index in [-0.39, 0.29) is 12.5 Å². The van der Waals surface area contributed by atoms with E-state index in [4.69, 9.17) is 0 Å². The van der Waals surface area contributed by atoms with Gasteiger partial charge in [-0.2, -0.15) is 0 Å². The van der Waals surface area contributed by atoms with Crippen LogP contribution >= 0.6 is 0 Å². The minimum atomic E-state index is -0.595. The normalized spacial score (nSPS) is 12.3. The number of rotatable bonds is 4. The van der Waals surface area contributed by atoms with Crippen molar-refractivity contribution in [1.29, 1.82) is 0 Å². The lowest BCUT2D eigenvalue weighted by atomic mass is 9.82. The van der Waals surface area contributed by atoms with Crippen LogP contribution in [-0.2, 0) is 10.2 Å². The van der Waals surface area contributed by atoms with Crippen LogP contribution in [0.25, 0.3) is 0 Å². The number of hydrogen-bond donors (Lipinski definition) is 1. The minimum Gasteiger partial charge on any atom is -0.394 e. The van der Waals surface area contributed by atoms with Crippen LogP contribution in [0, 0.1) is 0 Å². The molecule has 0 unspecified atom stereocenters. The molecule has 1 amide bonds. The van der Waals surface area contributed by atoms with Gasteiger partial charge in [-0.05, 0) is 33.3 Å². The first-order valence-corrected chi connectivity index (χ1v) is 6.18. The van der Waals surface area contributed by atoms with Gasteiger partial charge in [0, 0.05) is 7.05 Å². The maximum Gasteiger partial charge on any atom is 0.232 e. The first kappa shape index (κ1) is 14.7. The summed E-state index contributed by atoms with van der Waals surface area (Å²) in [6.45, 7) is 7.47. The fraction of sp³-hybridized carbons (Fsp3) is 0.533. The second-order valence-electron chi connectivity index (χ2n) is 5.83. The predicted molar refractivity (Wildman–Crippen MR) is 73.4 cm³/mol. The fourth-order valence-electron chi connectivity index (χ4n) is 1.78. The Balaban J connectivity index is 3.03. The van der Waals surface area contributed by atoms with Gasteiger partial charge in [0.25, 0.3) is 0 Å². The molecular weight excluding hydrogens is 226 g/mol. The van der Waals surface area contributed by atoms with Gasteiger partial charge in [0.15, 0.2) is 0 Å². The minimum absolute atomic E-state index is 0.00718. The number of benzene rings is 1. The monoisotopic (exact) mass is 249 g/mol. The molecule has 100 valence electrons. The van der Waals surface area contributed by atoms with Gasteiger partial charge in [-0.3, -0.25) is 4.79 Å². The number of amides is 1. The molecule has 0 saturated carbocycles. The van der Waals surface area contributed by atoms with E-state index in [0.29, 0.717) is 0 Å². The number of hydrogen-bond acceptors (Lipinski definition) is 2. The number of nitrogens with zero attached hydrogens (tertiary/aromatic N) is 1. The number of aliphatic hydroxyl groups excluding tert-OH is 1. The molecule has 1 rings (SSSR count). The smallest absolute Gasteiger partial charge is 0.232 e. The Kier molecular flexibility index (Phi) is 4.17. The molecule has 1 N–H and O–H groups in total. The average molecular weight is 249 g/mol. The average Bonchev–Trinajstić information content (AvgIpc) is 2.37. The van der Waals surface area contributed by atoms with Crippen LogP contribution in [0.5, 0.6) is 0 Å². The topological polar surface area (TPSA) is 40.5 Å². The van der Waals surface area contributed by atoms with Gasteiger partial charge in [0.1, 0.15) is 0 Å². The zero-order chi connectivity index (χ0) is 14.0. The van der Waals surface area contributed by atoms with E-state index in [1.807, 2.05) is 58.0 Å². The van der Waals surface area contributed by atoms with Gasteiger partial charge in [0.2, 0.25) is 5.91 Å². The molecular formula is C15H23NO2. The zero-order valence-electron chi connectivity index (χ0n) is 11.9. The second-order valence-corrected chi connectivity index (χ2v) is 5.83. The summed E-state index contributed by atoms with van der Waals surface area (Å²) in [6, 6.07) is 9.71. The molecule has 0 aliphatic heterocycles. The second kappa shape index (κ2) is 5.11. The zero-order valence-corrected chi connectivity index (χ0v) is 11.9. The highest BCUT2D eigenvalue weighted by Crippen LogP contribution is 2.27. The SMILES string of the molecule is CN(C(=O)C(C)(C)c1ccccc1)C(C)(C)CO. The molecule has 18 heavy (non-hydrogen) atoms. The summed E-state index contributed by atoms with van der Waals surface area (Å²) in [5.41, 5.74) is -0.165. The van der Waals surface area contributed by atoms with Gasteiger partial charge in [0.05, 0.1) is 17.6 Å². The van der Waals surface area contributed by atoms with Gasteiger partial charge in [-0.25, -0.2) is 0 Å². The molecule has 3 heteroatoms. The van der Waals surface area contributed by atoms with Crippen LogP contribution in [0.1, 0.15) is 33.3 Å². The van der Waals surface area contributed by atoms with E-state index in [0.717, 1.165) is 5.56 Å². The van der Waals surface area contributed by atoms with Gasteiger partial charge in [-0.15, -0.1) is 0 Å². The Bertz CT molecular complexity index is 410. The molecule has 0 aromatic heterocycles. The largest absolute Gasteiger partial charge is 0.394 e. The Hall–Kier alpha value is -1.35. The van der Waals surface area contributed by atoms with Crippen molar-refractivity contribution >= 4 is 5.91 Å². The van der Waals surface area contributed by atoms with Crippen LogP contribution in [0.4, 0.5) is 0 Å². The molecule has 0 radical (unpaired) electrons. The van der Waals surface area contributed by atoms with Crippen molar-refractivity contribution in [2.45, 2.75) is 38.6 Å². The van der Waals surface area contributed by atoms with Crippen molar-refractivity contribution in [3.05, 3.63) is 35.9 Å². The molecule has 0 heterocycles. The Morgan fingerprint density at radius 3 is 2.11 bits per heavy atom. The maximum absolute atomic E-state index is 12.6. The van der Waals surface area contributed by atoms with Crippen LogP contribution in [0.3, 0.4) is 0 Å². The summed E-state index contributed by atoms with van der Waals surface area (Å²) >= 11 is 0. The highest BCUT2D eigenvalue weighted by atomic mass is 16.3. The van der Waals surface area contributed by atoms with Gasteiger partial charge < -0.3 is 10.0 Å². The van der Waals surface area contributed by atoms with Crippen molar-refractivity contribution in [2.24, 2.45) is 0 Å². The molecule has 0 atom stereocenters. The predicted octanol–water partition coefficient (Wildman–Crippen LogP) is 2.19. The van der Waals surface area contributed by atoms with Gasteiger partial charge >= 0.3 is 0 Å². The van der Waals surface area contributed by atoms with Crippen molar-refractivity contribution in [1.82, 2.24) is 4.90 Å². The molecule has 3 nitrogen and oxygen atoms in total. The lowest BCUT2D eigenvalue weighted by Gasteiger charge is -2.39. The molecule has 0 aliphatic rings. The highest BCUT2D eigenvalue weighted by molar-refractivity contribution is 5.87. The van der Waals surface area contributed by atoms with E-state index >= 15 is 0 Å². The van der Waals surface area contributed by atoms with Gasteiger partial charge in [-0.1, -0.05) is 30.3 Å². The van der Waals surface area contributed by atoms with Crippen molar-refractivity contribution < 1.29 is 9.90 Å². The van der Waals surface area contributed by atoms with Crippen molar-refractivity contribution in [2.75, 3.05) is 13.7 Å². The van der Waals surface area contributed by atoms with Crippen molar-refractivity contribution in [3.63, 3.8) is 0 Å². The summed E-state index contributed by atoms with van der Waals surface area (Å²) < 4.78 is 0. The van der Waals surface area contributed by atoms with Crippen LogP contribution in [0.15, 0.2) is 30.3 Å². The molecule has 1 aromatic rings. The van der Waals surface area contributed by atoms with Crippen LogP contribution in [-0.4, -0.2) is 35.1 Å². The molecule has 0 bridgehead atoms. The third-order valence-electron chi connectivity index (χ3n) is 3.63. The summed E-state index contributed by atoms with van der Waals surface area (Å²) in [7, 11) is 1.74. The summed E-state index contributed by atoms with van der Waals surface area (Å²) in [5, 5.41) is 9.36. The fourth-order valence-corrected chi connectivity index (χ4v) is 1.78. The molecule has 0 saturated heterocycles. The number of carbonyl (C=O) groups excluding carboxylic acids is 1. The van der Waals surface area contributed by atoms with E-state index in [1.165, 1.54) is 0 Å². The number of carbonyl (C=O) groups is 1. The Labute approximate surface area is 109 Å². The first-order valence-electron chi connectivity index (χ1n) is 6.18. The molecule has 0 aliphatic carbocycles. The third-order valence-corrected chi connectivity index (χ3v) is 3.63. The van der Waals surface area contributed by atoms with E-state index in [2.05, 4.69) is 0 Å². The van der Waals surface area contributed by atoms with Crippen LogP contribution < -0.4 is 0 Å². The third kappa shape index (κ3) is 2.72. The summed E-state index contributed by atoms with van der Waals surface area (Å²) in [6.07, 6.45) is 0. The standard InChI is InChI=1S/C15H23NO2/c1-14(2,11-17)16(5)13(18)15(3,4)12-9-7-6-8-10-12/h6-10,17H,11H2,1-5H3. The van der Waals surface area contributed by atoms with E-state index in [1.54, 1.807) is 11.9 Å². The van der Waals surface area contributed by atoms with E-state index in [9.17, 15) is 9.90 Å². The van der Waals surface area contributed by atoms with E-state index < -0.39 is 11.0 Å². The molecule has 0 fully saturated rings. The lowest BCUT2D eigenvalue weighted by Crippen LogP contribution is -2.53. The highest BCUT2D eigenvalue weighted by Gasteiger charge is 2.37. The van der Waals surface area contributed by atoms with Crippen molar-refractivity contribution in [3.8, 4) is 0 Å². The number of aliphatic hydroxyl groups is 1. The summed E-state index contributed by atoms with van der Waals surface area (Å²) in [5.74, 6) is 0.00718.